The highest BCUT2D eigenvalue weighted by Crippen LogP contribution is 2.42. The van der Waals surface area contributed by atoms with Gasteiger partial charge in [0.15, 0.2) is 5.75 Å². The summed E-state index contributed by atoms with van der Waals surface area (Å²) in [5.74, 6) is 0.737. The van der Waals surface area contributed by atoms with Crippen LogP contribution in [0.3, 0.4) is 0 Å². The van der Waals surface area contributed by atoms with Gasteiger partial charge in [0.1, 0.15) is 11.4 Å². The van der Waals surface area contributed by atoms with Crippen LogP contribution in [0.2, 0.25) is 0 Å². The molecule has 0 aromatic heterocycles. The molecule has 0 fully saturated rings. The van der Waals surface area contributed by atoms with Gasteiger partial charge in [-0.05, 0) is 47.2 Å². The fourth-order valence-corrected chi connectivity index (χ4v) is 3.18. The monoisotopic (exact) mass is 406 g/mol. The van der Waals surface area contributed by atoms with E-state index in [0.717, 1.165) is 20.6 Å². The maximum atomic E-state index is 10.7. The third-order valence-corrected chi connectivity index (χ3v) is 4.77. The maximum Gasteiger partial charge on any atom is 0.151 e. The number of hydrogen-bond donors (Lipinski definition) is 1. The van der Waals surface area contributed by atoms with Gasteiger partial charge in [0, 0.05) is 21.3 Å². The summed E-state index contributed by atoms with van der Waals surface area (Å²) in [4.78, 5) is 0. The number of azo groups is 1. The molecule has 0 aliphatic heterocycles. The van der Waals surface area contributed by atoms with Gasteiger partial charge >= 0.3 is 0 Å². The first kappa shape index (κ1) is 16.5. The largest absolute Gasteiger partial charge is 0.505 e. The minimum absolute atomic E-state index is 0.0902. The Morgan fingerprint density at radius 1 is 0.846 bits per heavy atom. The van der Waals surface area contributed by atoms with Crippen molar-refractivity contribution in [2.45, 2.75) is 0 Å². The van der Waals surface area contributed by atoms with Crippen molar-refractivity contribution in [2.75, 3.05) is 7.11 Å². The molecule has 4 aromatic carbocycles. The Bertz CT molecular complexity index is 1140. The summed E-state index contributed by atoms with van der Waals surface area (Å²) in [6, 6.07) is 21.1. The van der Waals surface area contributed by atoms with E-state index in [1.807, 2.05) is 60.7 Å². The molecule has 1 N–H and O–H groups in total. The van der Waals surface area contributed by atoms with Crippen molar-refractivity contribution in [2.24, 2.45) is 10.2 Å². The molecule has 0 saturated carbocycles. The Labute approximate surface area is 158 Å². The number of phenols is 1. The molecule has 0 saturated heterocycles. The second-order valence-corrected chi connectivity index (χ2v) is 6.78. The van der Waals surface area contributed by atoms with Crippen LogP contribution in [0.4, 0.5) is 11.4 Å². The standard InChI is InChI=1S/C21H15BrN2O2/c1-26-20-12-19(24-23-16-8-6-15(22)7-9-16)21(25)18-11-14-5-3-2-4-13(14)10-17(18)20/h2-12,25H,1H3. The molecule has 0 aliphatic carbocycles. The van der Waals surface area contributed by atoms with E-state index in [-0.39, 0.29) is 5.75 Å². The molecule has 5 heteroatoms. The van der Waals surface area contributed by atoms with Crippen molar-refractivity contribution in [1.82, 2.24) is 0 Å². The van der Waals surface area contributed by atoms with Gasteiger partial charge in [-0.25, -0.2) is 0 Å². The number of fused-ring (bicyclic) bond motifs is 2. The van der Waals surface area contributed by atoms with Gasteiger partial charge in [-0.2, -0.15) is 5.11 Å². The van der Waals surface area contributed by atoms with E-state index in [1.165, 1.54) is 0 Å². The number of rotatable bonds is 3. The Kier molecular flexibility index (Phi) is 4.31. The van der Waals surface area contributed by atoms with E-state index in [0.29, 0.717) is 22.5 Å². The third kappa shape index (κ3) is 3.02. The summed E-state index contributed by atoms with van der Waals surface area (Å²) in [5, 5.41) is 22.8. The van der Waals surface area contributed by atoms with Crippen molar-refractivity contribution < 1.29 is 9.84 Å². The first-order valence-corrected chi connectivity index (χ1v) is 8.85. The summed E-state index contributed by atoms with van der Waals surface area (Å²) in [6.45, 7) is 0. The Morgan fingerprint density at radius 3 is 2.15 bits per heavy atom. The summed E-state index contributed by atoms with van der Waals surface area (Å²) < 4.78 is 6.49. The predicted octanol–water partition coefficient (Wildman–Crippen LogP) is 6.89. The number of phenolic OH excluding ortho intramolecular Hbond substituents is 1. The van der Waals surface area contributed by atoms with E-state index in [1.54, 1.807) is 13.2 Å². The number of ether oxygens (including phenoxy) is 1. The van der Waals surface area contributed by atoms with Crippen LogP contribution in [-0.4, -0.2) is 12.2 Å². The molecule has 0 heterocycles. The zero-order valence-corrected chi connectivity index (χ0v) is 15.6. The molecule has 26 heavy (non-hydrogen) atoms. The number of aromatic hydroxyl groups is 1. The van der Waals surface area contributed by atoms with E-state index in [9.17, 15) is 5.11 Å². The molecule has 4 nitrogen and oxygen atoms in total. The smallest absolute Gasteiger partial charge is 0.151 e. The molecule has 4 aromatic rings. The molecular formula is C21H15BrN2O2. The van der Waals surface area contributed by atoms with Gasteiger partial charge in [0.25, 0.3) is 0 Å². The first-order chi connectivity index (χ1) is 12.7. The third-order valence-electron chi connectivity index (χ3n) is 4.24. The normalized spacial score (nSPS) is 11.5. The van der Waals surface area contributed by atoms with Crippen LogP contribution in [0.5, 0.6) is 11.5 Å². The van der Waals surface area contributed by atoms with Crippen LogP contribution >= 0.6 is 15.9 Å². The van der Waals surface area contributed by atoms with Crippen LogP contribution in [0, 0.1) is 0 Å². The molecule has 0 atom stereocenters. The number of methoxy groups -OCH3 is 1. The van der Waals surface area contributed by atoms with Crippen molar-refractivity contribution in [1.29, 1.82) is 0 Å². The molecule has 0 bridgehead atoms. The predicted molar refractivity (Wildman–Crippen MR) is 108 cm³/mol. The molecule has 0 unspecified atom stereocenters. The van der Waals surface area contributed by atoms with E-state index >= 15 is 0 Å². The molecule has 4 rings (SSSR count). The number of hydrogen-bond acceptors (Lipinski definition) is 4. The number of nitrogens with zero attached hydrogens (tertiary/aromatic N) is 2. The lowest BCUT2D eigenvalue weighted by atomic mass is 10.0. The average molecular weight is 407 g/mol. The van der Waals surface area contributed by atoms with Crippen LogP contribution < -0.4 is 4.74 Å². The van der Waals surface area contributed by atoms with Gasteiger partial charge in [-0.15, -0.1) is 5.11 Å². The molecule has 0 spiro atoms. The Morgan fingerprint density at radius 2 is 1.50 bits per heavy atom. The highest BCUT2D eigenvalue weighted by Gasteiger charge is 2.13. The van der Waals surface area contributed by atoms with Gasteiger partial charge in [-0.1, -0.05) is 40.2 Å². The minimum Gasteiger partial charge on any atom is -0.505 e. The van der Waals surface area contributed by atoms with Crippen molar-refractivity contribution in [3.8, 4) is 11.5 Å². The fraction of sp³-hybridized carbons (Fsp3) is 0.0476. The zero-order chi connectivity index (χ0) is 18.1. The summed E-state index contributed by atoms with van der Waals surface area (Å²) in [7, 11) is 1.61. The number of halogens is 1. The Hall–Kier alpha value is -2.92. The lowest BCUT2D eigenvalue weighted by Crippen LogP contribution is -1.86. The van der Waals surface area contributed by atoms with E-state index in [4.69, 9.17) is 4.74 Å². The van der Waals surface area contributed by atoms with Crippen LogP contribution in [0.15, 0.2) is 81.4 Å². The van der Waals surface area contributed by atoms with Crippen LogP contribution in [0.1, 0.15) is 0 Å². The van der Waals surface area contributed by atoms with Gasteiger partial charge in [0.2, 0.25) is 0 Å². The fourth-order valence-electron chi connectivity index (χ4n) is 2.91. The van der Waals surface area contributed by atoms with E-state index in [2.05, 4.69) is 26.2 Å². The second-order valence-electron chi connectivity index (χ2n) is 5.87. The SMILES string of the molecule is COc1cc(N=Nc2ccc(Br)cc2)c(O)c2cc3ccccc3cc12. The quantitative estimate of drug-likeness (QED) is 0.297. The average Bonchev–Trinajstić information content (AvgIpc) is 2.67. The lowest BCUT2D eigenvalue weighted by molar-refractivity contribution is 0.418. The molecular weight excluding hydrogens is 392 g/mol. The van der Waals surface area contributed by atoms with Crippen LogP contribution in [0.25, 0.3) is 21.5 Å². The molecule has 0 aliphatic rings. The minimum atomic E-state index is 0.0902. The van der Waals surface area contributed by atoms with Crippen LogP contribution in [-0.2, 0) is 0 Å². The molecule has 0 radical (unpaired) electrons. The highest BCUT2D eigenvalue weighted by atomic mass is 79.9. The van der Waals surface area contributed by atoms with Gasteiger partial charge in [-0.3, -0.25) is 0 Å². The molecule has 0 amide bonds. The Balaban J connectivity index is 1.88. The zero-order valence-electron chi connectivity index (χ0n) is 14.0. The van der Waals surface area contributed by atoms with Crippen molar-refractivity contribution >= 4 is 48.8 Å². The van der Waals surface area contributed by atoms with E-state index < -0.39 is 0 Å². The lowest BCUT2D eigenvalue weighted by Gasteiger charge is -2.11. The summed E-state index contributed by atoms with van der Waals surface area (Å²) in [5.41, 5.74) is 1.07. The summed E-state index contributed by atoms with van der Waals surface area (Å²) >= 11 is 3.39. The number of benzene rings is 4. The molecule has 128 valence electrons. The topological polar surface area (TPSA) is 54.2 Å². The summed E-state index contributed by atoms with van der Waals surface area (Å²) in [6.07, 6.45) is 0. The maximum absolute atomic E-state index is 10.7. The first-order valence-electron chi connectivity index (χ1n) is 8.05. The van der Waals surface area contributed by atoms with Crippen molar-refractivity contribution in [3.05, 3.63) is 71.2 Å². The van der Waals surface area contributed by atoms with Crippen molar-refractivity contribution in [3.63, 3.8) is 0 Å². The van der Waals surface area contributed by atoms with Gasteiger partial charge < -0.3 is 9.84 Å². The highest BCUT2D eigenvalue weighted by molar-refractivity contribution is 9.10. The van der Waals surface area contributed by atoms with Gasteiger partial charge in [0.05, 0.1) is 12.8 Å². The second kappa shape index (κ2) is 6.77.